The van der Waals surface area contributed by atoms with Crippen LogP contribution >= 0.6 is 0 Å². The van der Waals surface area contributed by atoms with Gasteiger partial charge in [0, 0.05) is 25.8 Å². The summed E-state index contributed by atoms with van der Waals surface area (Å²) in [5.74, 6) is 0.542. The van der Waals surface area contributed by atoms with Gasteiger partial charge >= 0.3 is 0 Å². The molecule has 6 heteroatoms. The Bertz CT molecular complexity index is 438. The van der Waals surface area contributed by atoms with Gasteiger partial charge in [-0.2, -0.15) is 0 Å². The molecule has 0 aliphatic rings. The zero-order chi connectivity index (χ0) is 15.7. The monoisotopic (exact) mass is 295 g/mol. The van der Waals surface area contributed by atoms with Crippen molar-refractivity contribution in [1.82, 2.24) is 10.2 Å². The Kier molecular flexibility index (Phi) is 7.74. The summed E-state index contributed by atoms with van der Waals surface area (Å²) in [5, 5.41) is 2.79. The molecule has 0 aliphatic heterocycles. The van der Waals surface area contributed by atoms with E-state index in [4.69, 9.17) is 15.2 Å². The lowest BCUT2D eigenvalue weighted by Gasteiger charge is -2.15. The summed E-state index contributed by atoms with van der Waals surface area (Å²) in [5.41, 5.74) is 6.59. The molecule has 0 aromatic heterocycles. The average molecular weight is 295 g/mol. The van der Waals surface area contributed by atoms with Crippen LogP contribution in [0.3, 0.4) is 0 Å². The molecule has 1 rings (SSSR count). The Hall–Kier alpha value is -1.63. The topological polar surface area (TPSA) is 76.8 Å². The maximum Gasteiger partial charge on any atom is 0.239 e. The Morgan fingerprint density at radius 2 is 2.10 bits per heavy atom. The lowest BCUT2D eigenvalue weighted by molar-refractivity contribution is -0.123. The molecule has 1 unspecified atom stereocenters. The molecule has 0 aliphatic carbocycles. The van der Waals surface area contributed by atoms with E-state index in [1.165, 1.54) is 7.11 Å². The van der Waals surface area contributed by atoms with E-state index in [2.05, 4.69) is 5.32 Å². The Morgan fingerprint density at radius 1 is 1.38 bits per heavy atom. The highest BCUT2D eigenvalue weighted by atomic mass is 16.5. The molecule has 0 radical (unpaired) electrons. The highest BCUT2D eigenvalue weighted by Gasteiger charge is 2.13. The van der Waals surface area contributed by atoms with E-state index in [9.17, 15) is 4.79 Å². The lowest BCUT2D eigenvalue weighted by atomic mass is 10.2. The second kappa shape index (κ2) is 9.33. The predicted molar refractivity (Wildman–Crippen MR) is 82.2 cm³/mol. The van der Waals surface area contributed by atoms with Crippen LogP contribution in [0.25, 0.3) is 0 Å². The van der Waals surface area contributed by atoms with Crippen molar-refractivity contribution in [2.24, 2.45) is 5.73 Å². The predicted octanol–water partition coefficient (Wildman–Crippen LogP) is 0.217. The molecular formula is C15H25N3O3. The van der Waals surface area contributed by atoms with E-state index in [0.29, 0.717) is 13.2 Å². The zero-order valence-corrected chi connectivity index (χ0v) is 13.0. The third kappa shape index (κ3) is 6.57. The van der Waals surface area contributed by atoms with E-state index in [1.807, 2.05) is 43.3 Å². The van der Waals surface area contributed by atoms with Gasteiger partial charge in [-0.25, -0.2) is 0 Å². The van der Waals surface area contributed by atoms with Gasteiger partial charge < -0.3 is 25.4 Å². The van der Waals surface area contributed by atoms with Crippen LogP contribution in [0.5, 0.6) is 5.75 Å². The third-order valence-corrected chi connectivity index (χ3v) is 2.90. The number of hydrogen-bond acceptors (Lipinski definition) is 5. The van der Waals surface area contributed by atoms with Crippen LogP contribution in [0.4, 0.5) is 0 Å². The quantitative estimate of drug-likeness (QED) is 0.681. The number of carbonyl (C=O) groups is 1. The standard InChI is InChI=1S/C15H25N3O3/c1-18(2)8-9-21-14-7-5-4-6-12(14)10-17-15(19)13(16)11-20-3/h4-7,13H,8-11,16H2,1-3H3,(H,17,19). The van der Waals surface area contributed by atoms with E-state index in [-0.39, 0.29) is 12.5 Å². The number of nitrogens with two attached hydrogens (primary N) is 1. The second-order valence-electron chi connectivity index (χ2n) is 5.04. The summed E-state index contributed by atoms with van der Waals surface area (Å²) in [7, 11) is 5.50. The summed E-state index contributed by atoms with van der Waals surface area (Å²) >= 11 is 0. The van der Waals surface area contributed by atoms with Crippen molar-refractivity contribution in [3.05, 3.63) is 29.8 Å². The summed E-state index contributed by atoms with van der Waals surface area (Å²) < 4.78 is 10.6. The number of rotatable bonds is 9. The third-order valence-electron chi connectivity index (χ3n) is 2.90. The van der Waals surface area contributed by atoms with Gasteiger partial charge in [0.05, 0.1) is 6.61 Å². The Morgan fingerprint density at radius 3 is 2.76 bits per heavy atom. The molecule has 21 heavy (non-hydrogen) atoms. The first kappa shape index (κ1) is 17.4. The van der Waals surface area contributed by atoms with E-state index < -0.39 is 6.04 Å². The summed E-state index contributed by atoms with van der Waals surface area (Å²) in [6.45, 7) is 2.02. The molecule has 0 bridgehead atoms. The van der Waals surface area contributed by atoms with Gasteiger partial charge in [0.25, 0.3) is 0 Å². The molecule has 1 amide bonds. The van der Waals surface area contributed by atoms with Gasteiger partial charge in [0.15, 0.2) is 0 Å². The minimum absolute atomic E-state index is 0.201. The second-order valence-corrected chi connectivity index (χ2v) is 5.04. The minimum Gasteiger partial charge on any atom is -0.492 e. The molecule has 1 atom stereocenters. The fraction of sp³-hybridized carbons (Fsp3) is 0.533. The van der Waals surface area contributed by atoms with Crippen LogP contribution in [-0.2, 0) is 16.1 Å². The lowest BCUT2D eigenvalue weighted by Crippen LogP contribution is -2.43. The molecule has 6 nitrogen and oxygen atoms in total. The number of ether oxygens (including phenoxy) is 2. The summed E-state index contributed by atoms with van der Waals surface area (Å²) in [4.78, 5) is 13.8. The molecule has 1 aromatic rings. The van der Waals surface area contributed by atoms with Crippen LogP contribution in [0.2, 0.25) is 0 Å². The van der Waals surface area contributed by atoms with E-state index in [0.717, 1.165) is 17.9 Å². The number of methoxy groups -OCH3 is 1. The largest absolute Gasteiger partial charge is 0.492 e. The van der Waals surface area contributed by atoms with Crippen LogP contribution in [0, 0.1) is 0 Å². The number of hydrogen-bond donors (Lipinski definition) is 2. The number of likely N-dealkylation sites (N-methyl/N-ethyl adjacent to an activating group) is 1. The number of nitrogens with one attached hydrogen (secondary N) is 1. The maximum atomic E-state index is 11.8. The Balaban J connectivity index is 2.52. The van der Waals surface area contributed by atoms with Gasteiger partial charge in [-0.05, 0) is 20.2 Å². The normalized spacial score (nSPS) is 12.2. The maximum absolute atomic E-state index is 11.8. The Labute approximate surface area is 126 Å². The molecule has 0 saturated heterocycles. The average Bonchev–Trinajstić information content (AvgIpc) is 2.45. The molecule has 0 heterocycles. The van der Waals surface area contributed by atoms with Crippen LogP contribution < -0.4 is 15.8 Å². The number of benzene rings is 1. The highest BCUT2D eigenvalue weighted by molar-refractivity contribution is 5.81. The number of carbonyl (C=O) groups excluding carboxylic acids is 1. The smallest absolute Gasteiger partial charge is 0.239 e. The molecule has 0 saturated carbocycles. The molecular weight excluding hydrogens is 270 g/mol. The molecule has 1 aromatic carbocycles. The summed E-state index contributed by atoms with van der Waals surface area (Å²) in [6, 6.07) is 6.98. The van der Waals surface area contributed by atoms with Crippen LogP contribution in [0.15, 0.2) is 24.3 Å². The zero-order valence-electron chi connectivity index (χ0n) is 13.0. The van der Waals surface area contributed by atoms with Gasteiger partial charge in [0.2, 0.25) is 5.91 Å². The van der Waals surface area contributed by atoms with E-state index >= 15 is 0 Å². The highest BCUT2D eigenvalue weighted by Crippen LogP contribution is 2.17. The van der Waals surface area contributed by atoms with Crippen molar-refractivity contribution in [2.75, 3.05) is 41.0 Å². The summed E-state index contributed by atoms with van der Waals surface area (Å²) in [6.07, 6.45) is 0. The van der Waals surface area contributed by atoms with Crippen molar-refractivity contribution in [2.45, 2.75) is 12.6 Å². The van der Waals surface area contributed by atoms with Crippen molar-refractivity contribution in [1.29, 1.82) is 0 Å². The van der Waals surface area contributed by atoms with Crippen molar-refractivity contribution >= 4 is 5.91 Å². The fourth-order valence-corrected chi connectivity index (χ4v) is 1.70. The fourth-order valence-electron chi connectivity index (χ4n) is 1.70. The molecule has 0 fully saturated rings. The minimum atomic E-state index is -0.656. The van der Waals surface area contributed by atoms with Crippen LogP contribution in [-0.4, -0.2) is 57.8 Å². The van der Waals surface area contributed by atoms with Gasteiger partial charge in [-0.15, -0.1) is 0 Å². The van der Waals surface area contributed by atoms with E-state index in [1.54, 1.807) is 0 Å². The number of amides is 1. The van der Waals surface area contributed by atoms with Gasteiger partial charge in [-0.1, -0.05) is 18.2 Å². The molecule has 118 valence electrons. The molecule has 0 spiro atoms. The van der Waals surface area contributed by atoms with Crippen molar-refractivity contribution in [3.63, 3.8) is 0 Å². The van der Waals surface area contributed by atoms with Crippen molar-refractivity contribution < 1.29 is 14.3 Å². The van der Waals surface area contributed by atoms with Gasteiger partial charge in [-0.3, -0.25) is 4.79 Å². The SMILES string of the molecule is COCC(N)C(=O)NCc1ccccc1OCCN(C)C. The first-order valence-electron chi connectivity index (χ1n) is 6.92. The van der Waals surface area contributed by atoms with Gasteiger partial charge in [0.1, 0.15) is 18.4 Å². The number of para-hydroxylation sites is 1. The first-order valence-corrected chi connectivity index (χ1v) is 6.92. The van der Waals surface area contributed by atoms with Crippen molar-refractivity contribution in [3.8, 4) is 5.75 Å². The molecule has 3 N–H and O–H groups in total. The first-order chi connectivity index (χ1) is 10.0. The van der Waals surface area contributed by atoms with Crippen LogP contribution in [0.1, 0.15) is 5.56 Å². The number of nitrogens with zero attached hydrogens (tertiary/aromatic N) is 1.